The first-order chi connectivity index (χ1) is 19.7. The van der Waals surface area contributed by atoms with E-state index in [4.69, 9.17) is 24.4 Å². The van der Waals surface area contributed by atoms with Crippen LogP contribution in [0.3, 0.4) is 0 Å². The van der Waals surface area contributed by atoms with Crippen LogP contribution in [0.1, 0.15) is 52.5 Å². The number of carbonyl (C=O) groups is 2. The van der Waals surface area contributed by atoms with E-state index in [2.05, 4.69) is 22.0 Å². The standard InChI is InChI=1S/C29H44N8O4/c1-5-6-10-13-30-24-31-25(33-26(32-24)35-16-20-37(21-17-35)28(39)41-29(2,3)4)34-14-18-36(19-15-34)27(38)40-22-23-11-8-7-9-12-23/h7-9,11-12H,5-6,10,13-22H2,1-4H3,(H,30,31,32,33). The van der Waals surface area contributed by atoms with Crippen LogP contribution in [0.4, 0.5) is 27.4 Å². The summed E-state index contributed by atoms with van der Waals surface area (Å²) >= 11 is 0. The first-order valence-electron chi connectivity index (χ1n) is 14.7. The molecule has 2 amide bonds. The van der Waals surface area contributed by atoms with Crippen LogP contribution in [0, 0.1) is 0 Å². The fraction of sp³-hybridized carbons (Fsp3) is 0.621. The molecule has 1 N–H and O–H groups in total. The topological polar surface area (TPSA) is 116 Å². The van der Waals surface area contributed by atoms with Crippen molar-refractivity contribution in [1.29, 1.82) is 0 Å². The Bertz CT molecular complexity index is 1130. The average Bonchev–Trinajstić information content (AvgIpc) is 2.98. The van der Waals surface area contributed by atoms with Crippen molar-refractivity contribution in [1.82, 2.24) is 24.8 Å². The van der Waals surface area contributed by atoms with Gasteiger partial charge in [0.05, 0.1) is 0 Å². The molecule has 0 spiro atoms. The molecule has 0 saturated carbocycles. The molecule has 12 nitrogen and oxygen atoms in total. The largest absolute Gasteiger partial charge is 0.445 e. The van der Waals surface area contributed by atoms with Gasteiger partial charge in [0, 0.05) is 58.9 Å². The predicted octanol–water partition coefficient (Wildman–Crippen LogP) is 3.99. The molecule has 0 aliphatic carbocycles. The molecule has 2 aliphatic heterocycles. The lowest BCUT2D eigenvalue weighted by Crippen LogP contribution is -2.51. The van der Waals surface area contributed by atoms with Gasteiger partial charge in [-0.2, -0.15) is 15.0 Å². The smallest absolute Gasteiger partial charge is 0.410 e. The van der Waals surface area contributed by atoms with E-state index in [1.807, 2.05) is 51.1 Å². The zero-order chi connectivity index (χ0) is 29.2. The third-order valence-corrected chi connectivity index (χ3v) is 6.92. The summed E-state index contributed by atoms with van der Waals surface area (Å²) in [5, 5.41) is 3.37. The Morgan fingerprint density at radius 1 is 0.805 bits per heavy atom. The number of nitrogens with one attached hydrogen (secondary N) is 1. The van der Waals surface area contributed by atoms with Crippen LogP contribution in [0.5, 0.6) is 0 Å². The molecule has 0 radical (unpaired) electrons. The number of ether oxygens (including phenoxy) is 2. The minimum atomic E-state index is -0.529. The van der Waals surface area contributed by atoms with E-state index < -0.39 is 5.60 Å². The number of rotatable bonds is 9. The minimum absolute atomic E-state index is 0.255. The van der Waals surface area contributed by atoms with Crippen molar-refractivity contribution in [3.05, 3.63) is 35.9 Å². The van der Waals surface area contributed by atoms with Crippen molar-refractivity contribution < 1.29 is 19.1 Å². The molecular weight excluding hydrogens is 524 g/mol. The van der Waals surface area contributed by atoms with E-state index in [1.54, 1.807) is 9.80 Å². The SMILES string of the molecule is CCCCCNc1nc(N2CCN(C(=O)OCc3ccccc3)CC2)nc(N2CCN(C(=O)OC(C)(C)C)CC2)n1. The molecule has 2 fully saturated rings. The molecule has 12 heteroatoms. The summed E-state index contributed by atoms with van der Waals surface area (Å²) in [6, 6.07) is 9.68. The highest BCUT2D eigenvalue weighted by molar-refractivity contribution is 5.69. The minimum Gasteiger partial charge on any atom is -0.445 e. The van der Waals surface area contributed by atoms with E-state index in [0.29, 0.717) is 70.2 Å². The predicted molar refractivity (Wildman–Crippen MR) is 158 cm³/mol. The van der Waals surface area contributed by atoms with Gasteiger partial charge in [0.15, 0.2) is 0 Å². The van der Waals surface area contributed by atoms with Gasteiger partial charge in [-0.15, -0.1) is 0 Å². The van der Waals surface area contributed by atoms with Gasteiger partial charge < -0.3 is 34.4 Å². The van der Waals surface area contributed by atoms with Gasteiger partial charge in [0.25, 0.3) is 0 Å². The molecule has 2 aromatic rings. The summed E-state index contributed by atoms with van der Waals surface area (Å²) in [6.45, 7) is 13.3. The lowest BCUT2D eigenvalue weighted by Gasteiger charge is -2.36. The van der Waals surface area contributed by atoms with Gasteiger partial charge in [-0.1, -0.05) is 50.1 Å². The van der Waals surface area contributed by atoms with Crippen molar-refractivity contribution in [3.8, 4) is 0 Å². The molecule has 1 aromatic carbocycles. The van der Waals surface area contributed by atoms with Crippen molar-refractivity contribution in [2.75, 3.05) is 74.0 Å². The lowest BCUT2D eigenvalue weighted by molar-refractivity contribution is 0.0240. The summed E-state index contributed by atoms with van der Waals surface area (Å²) in [6.07, 6.45) is 2.69. The normalized spacial score (nSPS) is 16.0. The van der Waals surface area contributed by atoms with Gasteiger partial charge in [-0.25, -0.2) is 9.59 Å². The van der Waals surface area contributed by atoms with Crippen LogP contribution in [0.2, 0.25) is 0 Å². The van der Waals surface area contributed by atoms with Crippen molar-refractivity contribution in [3.63, 3.8) is 0 Å². The second-order valence-corrected chi connectivity index (χ2v) is 11.4. The highest BCUT2D eigenvalue weighted by atomic mass is 16.6. The number of carbonyl (C=O) groups excluding carboxylic acids is 2. The Morgan fingerprint density at radius 2 is 1.37 bits per heavy atom. The van der Waals surface area contributed by atoms with E-state index in [-0.39, 0.29) is 18.8 Å². The van der Waals surface area contributed by atoms with Crippen LogP contribution in [0.15, 0.2) is 30.3 Å². The van der Waals surface area contributed by atoms with E-state index in [0.717, 1.165) is 31.4 Å². The molecule has 2 aliphatic rings. The number of aromatic nitrogens is 3. The zero-order valence-corrected chi connectivity index (χ0v) is 24.8. The summed E-state index contributed by atoms with van der Waals surface area (Å²) in [4.78, 5) is 47.0. The number of piperazine rings is 2. The third-order valence-electron chi connectivity index (χ3n) is 6.92. The molecule has 0 unspecified atom stereocenters. The number of amides is 2. The fourth-order valence-corrected chi connectivity index (χ4v) is 4.61. The van der Waals surface area contributed by atoms with Crippen LogP contribution in [-0.2, 0) is 16.1 Å². The molecular formula is C29H44N8O4. The highest BCUT2D eigenvalue weighted by Crippen LogP contribution is 2.21. The van der Waals surface area contributed by atoms with Crippen LogP contribution < -0.4 is 15.1 Å². The average molecular weight is 569 g/mol. The monoisotopic (exact) mass is 568 g/mol. The molecule has 224 valence electrons. The maximum Gasteiger partial charge on any atom is 0.410 e. The van der Waals surface area contributed by atoms with E-state index in [1.165, 1.54) is 0 Å². The first kappa shape index (κ1) is 30.1. The zero-order valence-electron chi connectivity index (χ0n) is 24.8. The Morgan fingerprint density at radius 3 is 1.90 bits per heavy atom. The Balaban J connectivity index is 1.38. The van der Waals surface area contributed by atoms with Crippen LogP contribution in [-0.4, -0.2) is 101 Å². The molecule has 3 heterocycles. The van der Waals surface area contributed by atoms with Gasteiger partial charge in [-0.3, -0.25) is 0 Å². The fourth-order valence-electron chi connectivity index (χ4n) is 4.61. The van der Waals surface area contributed by atoms with E-state index >= 15 is 0 Å². The van der Waals surface area contributed by atoms with Gasteiger partial charge in [0.1, 0.15) is 12.2 Å². The molecule has 1 aromatic heterocycles. The Hall–Kier alpha value is -3.83. The quantitative estimate of drug-likeness (QED) is 0.445. The summed E-state index contributed by atoms with van der Waals surface area (Å²) in [5.41, 5.74) is 0.432. The molecule has 0 atom stereocenters. The van der Waals surface area contributed by atoms with Crippen LogP contribution in [0.25, 0.3) is 0 Å². The molecule has 4 rings (SSSR count). The maximum absolute atomic E-state index is 12.6. The lowest BCUT2D eigenvalue weighted by atomic mass is 10.2. The van der Waals surface area contributed by atoms with Gasteiger partial charge >= 0.3 is 12.2 Å². The van der Waals surface area contributed by atoms with Gasteiger partial charge in [-0.05, 0) is 32.8 Å². The highest BCUT2D eigenvalue weighted by Gasteiger charge is 2.29. The maximum atomic E-state index is 12.6. The third kappa shape index (κ3) is 9.09. The Kier molecular flexibility index (Phi) is 10.4. The number of anilines is 3. The van der Waals surface area contributed by atoms with Crippen molar-refractivity contribution in [2.45, 2.75) is 59.2 Å². The van der Waals surface area contributed by atoms with Crippen molar-refractivity contribution >= 4 is 30.0 Å². The molecule has 0 bridgehead atoms. The number of hydrogen-bond donors (Lipinski definition) is 1. The Labute approximate surface area is 243 Å². The summed E-state index contributed by atoms with van der Waals surface area (Å²) in [5.74, 6) is 1.71. The summed E-state index contributed by atoms with van der Waals surface area (Å²) in [7, 11) is 0. The molecule has 2 saturated heterocycles. The number of hydrogen-bond acceptors (Lipinski definition) is 10. The summed E-state index contributed by atoms with van der Waals surface area (Å²) < 4.78 is 11.1. The molecule has 41 heavy (non-hydrogen) atoms. The first-order valence-corrected chi connectivity index (χ1v) is 14.7. The van der Waals surface area contributed by atoms with Gasteiger partial charge in [0.2, 0.25) is 17.8 Å². The number of nitrogens with zero attached hydrogens (tertiary/aromatic N) is 7. The van der Waals surface area contributed by atoms with Crippen molar-refractivity contribution in [2.24, 2.45) is 0 Å². The second-order valence-electron chi connectivity index (χ2n) is 11.4. The van der Waals surface area contributed by atoms with E-state index in [9.17, 15) is 9.59 Å². The number of unbranched alkanes of at least 4 members (excludes halogenated alkanes) is 2. The second kappa shape index (κ2) is 14.2. The number of benzene rings is 1. The van der Waals surface area contributed by atoms with Crippen LogP contribution >= 0.6 is 0 Å².